The highest BCUT2D eigenvalue weighted by Crippen LogP contribution is 2.14. The van der Waals surface area contributed by atoms with Gasteiger partial charge in [0.05, 0.1) is 23.9 Å². The maximum atomic E-state index is 11.6. The predicted octanol–water partition coefficient (Wildman–Crippen LogP) is 0.285. The lowest BCUT2D eigenvalue weighted by molar-refractivity contribution is 0.0946. The Morgan fingerprint density at radius 2 is 2.40 bits per heavy atom. The summed E-state index contributed by atoms with van der Waals surface area (Å²) in [6.07, 6.45) is 1.66. The molecule has 0 aliphatic carbocycles. The molecule has 0 aliphatic heterocycles. The molecule has 0 atom stereocenters. The highest BCUT2D eigenvalue weighted by atomic mass is 16.3. The smallest absolute Gasteiger partial charge is 0.253 e. The number of para-hydroxylation sites is 1. The Morgan fingerprint density at radius 1 is 1.53 bits per heavy atom. The number of aromatic amines is 1. The van der Waals surface area contributed by atoms with Crippen LogP contribution in [0.5, 0.6) is 0 Å². The second-order valence-electron chi connectivity index (χ2n) is 3.12. The topological polar surface area (TPSA) is 78.0 Å². The van der Waals surface area contributed by atoms with E-state index in [9.17, 15) is 4.79 Å². The number of rotatable bonds is 3. The van der Waals surface area contributed by atoms with E-state index >= 15 is 0 Å². The Bertz CT molecular complexity index is 478. The molecular weight excluding hydrogens is 194 g/mol. The van der Waals surface area contributed by atoms with Crippen molar-refractivity contribution in [3.8, 4) is 0 Å². The van der Waals surface area contributed by atoms with E-state index in [0.717, 1.165) is 5.39 Å². The Balaban J connectivity index is 2.34. The molecule has 1 aromatic heterocycles. The number of aromatic nitrogens is 2. The zero-order valence-corrected chi connectivity index (χ0v) is 8.03. The lowest BCUT2D eigenvalue weighted by atomic mass is 10.1. The molecule has 3 N–H and O–H groups in total. The summed E-state index contributed by atoms with van der Waals surface area (Å²) in [4.78, 5) is 11.6. The van der Waals surface area contributed by atoms with Gasteiger partial charge < -0.3 is 10.4 Å². The van der Waals surface area contributed by atoms with Crippen molar-refractivity contribution in [2.45, 2.75) is 0 Å². The van der Waals surface area contributed by atoms with Gasteiger partial charge in [-0.25, -0.2) is 0 Å². The quantitative estimate of drug-likeness (QED) is 0.673. The fourth-order valence-corrected chi connectivity index (χ4v) is 1.42. The first-order valence-electron chi connectivity index (χ1n) is 4.64. The van der Waals surface area contributed by atoms with Gasteiger partial charge in [-0.2, -0.15) is 5.10 Å². The van der Waals surface area contributed by atoms with Crippen LogP contribution in [0.15, 0.2) is 24.4 Å². The minimum absolute atomic E-state index is 0.0648. The van der Waals surface area contributed by atoms with Gasteiger partial charge in [-0.15, -0.1) is 0 Å². The molecule has 5 nitrogen and oxygen atoms in total. The Kier molecular flexibility index (Phi) is 2.64. The minimum Gasteiger partial charge on any atom is -0.395 e. The fourth-order valence-electron chi connectivity index (χ4n) is 1.42. The number of benzene rings is 1. The first kappa shape index (κ1) is 9.67. The molecular formula is C10H11N3O2. The predicted molar refractivity (Wildman–Crippen MR) is 55.5 cm³/mol. The third kappa shape index (κ3) is 1.82. The summed E-state index contributed by atoms with van der Waals surface area (Å²) < 4.78 is 0. The number of hydrogen-bond acceptors (Lipinski definition) is 3. The summed E-state index contributed by atoms with van der Waals surface area (Å²) in [7, 11) is 0. The average Bonchev–Trinajstić information content (AvgIpc) is 2.73. The van der Waals surface area contributed by atoms with E-state index in [0.29, 0.717) is 11.1 Å². The van der Waals surface area contributed by atoms with E-state index in [-0.39, 0.29) is 19.1 Å². The van der Waals surface area contributed by atoms with E-state index in [1.807, 2.05) is 6.07 Å². The van der Waals surface area contributed by atoms with Crippen molar-refractivity contribution < 1.29 is 9.90 Å². The molecule has 0 saturated heterocycles. The molecule has 0 bridgehead atoms. The minimum atomic E-state index is -0.209. The van der Waals surface area contributed by atoms with Crippen LogP contribution in [0, 0.1) is 0 Å². The number of hydrogen-bond donors (Lipinski definition) is 3. The standard InChI is InChI=1S/C10H11N3O2/c14-5-4-11-10(15)8-3-1-2-7-6-12-13-9(7)8/h1-3,6,14H,4-5H2,(H,11,15)(H,12,13). The lowest BCUT2D eigenvalue weighted by Crippen LogP contribution is -2.26. The van der Waals surface area contributed by atoms with Crippen LogP contribution in [0.2, 0.25) is 0 Å². The maximum absolute atomic E-state index is 11.6. The van der Waals surface area contributed by atoms with Gasteiger partial charge in [-0.1, -0.05) is 12.1 Å². The average molecular weight is 205 g/mol. The summed E-state index contributed by atoms with van der Waals surface area (Å²) >= 11 is 0. The Morgan fingerprint density at radius 3 is 3.20 bits per heavy atom. The first-order chi connectivity index (χ1) is 7.33. The zero-order chi connectivity index (χ0) is 10.7. The highest BCUT2D eigenvalue weighted by molar-refractivity contribution is 6.05. The summed E-state index contributed by atoms with van der Waals surface area (Å²) in [5.41, 5.74) is 1.26. The number of nitrogens with one attached hydrogen (secondary N) is 2. The number of aliphatic hydroxyl groups excluding tert-OH is 1. The number of aliphatic hydroxyl groups is 1. The number of nitrogens with zero attached hydrogens (tertiary/aromatic N) is 1. The molecule has 5 heteroatoms. The van der Waals surface area contributed by atoms with Crippen molar-refractivity contribution >= 4 is 16.8 Å². The molecule has 0 unspecified atom stereocenters. The van der Waals surface area contributed by atoms with Crippen LogP contribution in [0.3, 0.4) is 0 Å². The largest absolute Gasteiger partial charge is 0.395 e. The molecule has 15 heavy (non-hydrogen) atoms. The summed E-state index contributed by atoms with van der Waals surface area (Å²) in [5.74, 6) is -0.209. The SMILES string of the molecule is O=C(NCCO)c1cccc2cn[nH]c12. The van der Waals surface area contributed by atoms with Gasteiger partial charge in [0, 0.05) is 11.9 Å². The number of fused-ring (bicyclic) bond motifs is 1. The second kappa shape index (κ2) is 4.10. The third-order valence-electron chi connectivity index (χ3n) is 2.12. The van der Waals surface area contributed by atoms with Gasteiger partial charge >= 0.3 is 0 Å². The van der Waals surface area contributed by atoms with Crippen molar-refractivity contribution in [3.05, 3.63) is 30.0 Å². The number of carbonyl (C=O) groups excluding carboxylic acids is 1. The van der Waals surface area contributed by atoms with Gasteiger partial charge in [-0.3, -0.25) is 9.89 Å². The van der Waals surface area contributed by atoms with Gasteiger partial charge in [-0.05, 0) is 6.07 Å². The van der Waals surface area contributed by atoms with Crippen LogP contribution in [-0.2, 0) is 0 Å². The monoisotopic (exact) mass is 205 g/mol. The molecule has 0 radical (unpaired) electrons. The van der Waals surface area contributed by atoms with E-state index in [1.165, 1.54) is 0 Å². The number of amides is 1. The molecule has 1 aromatic carbocycles. The van der Waals surface area contributed by atoms with Gasteiger partial charge in [0.15, 0.2) is 0 Å². The van der Waals surface area contributed by atoms with Crippen molar-refractivity contribution in [2.75, 3.05) is 13.2 Å². The molecule has 0 fully saturated rings. The van der Waals surface area contributed by atoms with Crippen molar-refractivity contribution in [3.63, 3.8) is 0 Å². The van der Waals surface area contributed by atoms with Gasteiger partial charge in [0.25, 0.3) is 5.91 Å². The molecule has 0 aliphatic rings. The molecule has 2 rings (SSSR count). The van der Waals surface area contributed by atoms with Crippen LogP contribution < -0.4 is 5.32 Å². The molecule has 1 amide bonds. The normalized spacial score (nSPS) is 10.5. The van der Waals surface area contributed by atoms with Gasteiger partial charge in [0.1, 0.15) is 0 Å². The molecule has 0 saturated carbocycles. The number of carbonyl (C=O) groups is 1. The van der Waals surface area contributed by atoms with Crippen LogP contribution in [0.1, 0.15) is 10.4 Å². The third-order valence-corrected chi connectivity index (χ3v) is 2.12. The summed E-state index contributed by atoms with van der Waals surface area (Å²) in [6.45, 7) is 0.189. The van der Waals surface area contributed by atoms with Crippen molar-refractivity contribution in [1.82, 2.24) is 15.5 Å². The van der Waals surface area contributed by atoms with Gasteiger partial charge in [0.2, 0.25) is 0 Å². The van der Waals surface area contributed by atoms with Crippen LogP contribution >= 0.6 is 0 Å². The Hall–Kier alpha value is -1.88. The first-order valence-corrected chi connectivity index (χ1v) is 4.64. The number of H-pyrrole nitrogens is 1. The Labute approximate surface area is 86.1 Å². The van der Waals surface area contributed by atoms with Crippen LogP contribution in [0.25, 0.3) is 10.9 Å². The van der Waals surface area contributed by atoms with Crippen LogP contribution in [0.4, 0.5) is 0 Å². The molecule has 0 spiro atoms. The van der Waals surface area contributed by atoms with E-state index in [4.69, 9.17) is 5.11 Å². The van der Waals surface area contributed by atoms with E-state index in [1.54, 1.807) is 18.3 Å². The molecule has 1 heterocycles. The summed E-state index contributed by atoms with van der Waals surface area (Å²) in [5, 5.41) is 18.7. The zero-order valence-electron chi connectivity index (χ0n) is 8.03. The second-order valence-corrected chi connectivity index (χ2v) is 3.12. The maximum Gasteiger partial charge on any atom is 0.253 e. The van der Waals surface area contributed by atoms with Crippen molar-refractivity contribution in [1.29, 1.82) is 0 Å². The van der Waals surface area contributed by atoms with E-state index < -0.39 is 0 Å². The fraction of sp³-hybridized carbons (Fsp3) is 0.200. The highest BCUT2D eigenvalue weighted by Gasteiger charge is 2.09. The molecule has 2 aromatic rings. The molecule has 78 valence electrons. The van der Waals surface area contributed by atoms with Crippen LogP contribution in [-0.4, -0.2) is 34.4 Å². The van der Waals surface area contributed by atoms with Crippen molar-refractivity contribution in [2.24, 2.45) is 0 Å². The summed E-state index contributed by atoms with van der Waals surface area (Å²) in [6, 6.07) is 5.39. The van der Waals surface area contributed by atoms with E-state index in [2.05, 4.69) is 15.5 Å². The lowest BCUT2D eigenvalue weighted by Gasteiger charge is -2.03.